The second-order valence-electron chi connectivity index (χ2n) is 4.34. The summed E-state index contributed by atoms with van der Waals surface area (Å²) in [6.07, 6.45) is 6.19. The van der Waals surface area contributed by atoms with Crippen molar-refractivity contribution in [2.75, 3.05) is 17.2 Å². The van der Waals surface area contributed by atoms with E-state index in [-0.39, 0.29) is 0 Å². The number of hydrogen-bond acceptors (Lipinski definition) is 4. The summed E-state index contributed by atoms with van der Waals surface area (Å²) in [7, 11) is 0. The van der Waals surface area contributed by atoms with Crippen molar-refractivity contribution in [3.63, 3.8) is 0 Å². The van der Waals surface area contributed by atoms with Gasteiger partial charge in [0.05, 0.1) is 0 Å². The third-order valence-corrected chi connectivity index (χ3v) is 3.03. The van der Waals surface area contributed by atoms with Crippen molar-refractivity contribution in [1.29, 1.82) is 0 Å². The van der Waals surface area contributed by atoms with Crippen LogP contribution in [0.1, 0.15) is 38.7 Å². The van der Waals surface area contributed by atoms with Crippen LogP contribution in [-0.2, 0) is 6.42 Å². The molecule has 0 aliphatic heterocycles. The average molecular weight is 220 g/mol. The lowest BCUT2D eigenvalue weighted by molar-refractivity contribution is 0.742. The molecule has 1 aromatic rings. The molecular formula is C12H20N4. The molecule has 1 heterocycles. The standard InChI is InChI=1S/C12H20N4/c1-3-7-16(9-5-6-9)12-10(4-2)11(13)14-8-15-12/h8-9H,3-7H2,1-2H3,(H2,13,14,15). The lowest BCUT2D eigenvalue weighted by atomic mass is 10.2. The monoisotopic (exact) mass is 220 g/mol. The van der Waals surface area contributed by atoms with Crippen LogP contribution in [0, 0.1) is 0 Å². The van der Waals surface area contributed by atoms with Gasteiger partial charge in [0, 0.05) is 18.2 Å². The van der Waals surface area contributed by atoms with Gasteiger partial charge in [0.15, 0.2) is 0 Å². The molecule has 0 radical (unpaired) electrons. The number of hydrogen-bond donors (Lipinski definition) is 1. The Hall–Kier alpha value is -1.32. The van der Waals surface area contributed by atoms with Gasteiger partial charge in [-0.1, -0.05) is 13.8 Å². The number of aromatic nitrogens is 2. The lowest BCUT2D eigenvalue weighted by Crippen LogP contribution is -2.29. The summed E-state index contributed by atoms with van der Waals surface area (Å²) in [5, 5.41) is 0. The first-order chi connectivity index (χ1) is 7.77. The van der Waals surface area contributed by atoms with Crippen LogP contribution in [0.4, 0.5) is 11.6 Å². The molecule has 1 aromatic heterocycles. The van der Waals surface area contributed by atoms with E-state index >= 15 is 0 Å². The zero-order valence-electron chi connectivity index (χ0n) is 10.1. The largest absolute Gasteiger partial charge is 0.383 e. The summed E-state index contributed by atoms with van der Waals surface area (Å²) in [4.78, 5) is 10.9. The van der Waals surface area contributed by atoms with Crippen molar-refractivity contribution >= 4 is 11.6 Å². The highest BCUT2D eigenvalue weighted by Gasteiger charge is 2.30. The zero-order chi connectivity index (χ0) is 11.5. The Balaban J connectivity index is 2.32. The van der Waals surface area contributed by atoms with Crippen molar-refractivity contribution in [2.24, 2.45) is 0 Å². The molecule has 0 atom stereocenters. The Morgan fingerprint density at radius 3 is 2.69 bits per heavy atom. The van der Waals surface area contributed by atoms with Gasteiger partial charge >= 0.3 is 0 Å². The zero-order valence-corrected chi connectivity index (χ0v) is 10.1. The number of nitrogen functional groups attached to an aromatic ring is 1. The quantitative estimate of drug-likeness (QED) is 0.824. The maximum Gasteiger partial charge on any atom is 0.137 e. The molecule has 0 unspecified atom stereocenters. The fourth-order valence-corrected chi connectivity index (χ4v) is 2.09. The lowest BCUT2D eigenvalue weighted by Gasteiger charge is -2.25. The molecule has 4 heteroatoms. The van der Waals surface area contributed by atoms with Gasteiger partial charge in [-0.05, 0) is 25.7 Å². The van der Waals surface area contributed by atoms with E-state index in [0.29, 0.717) is 11.9 Å². The van der Waals surface area contributed by atoms with Crippen LogP contribution >= 0.6 is 0 Å². The van der Waals surface area contributed by atoms with E-state index in [4.69, 9.17) is 5.73 Å². The Morgan fingerprint density at radius 2 is 2.12 bits per heavy atom. The Kier molecular flexibility index (Phi) is 3.27. The Labute approximate surface area is 96.9 Å². The van der Waals surface area contributed by atoms with Crippen molar-refractivity contribution < 1.29 is 0 Å². The number of nitrogens with two attached hydrogens (primary N) is 1. The van der Waals surface area contributed by atoms with Gasteiger partial charge in [0.2, 0.25) is 0 Å². The van der Waals surface area contributed by atoms with Gasteiger partial charge in [-0.25, -0.2) is 9.97 Å². The first-order valence-corrected chi connectivity index (χ1v) is 6.13. The van der Waals surface area contributed by atoms with Crippen LogP contribution < -0.4 is 10.6 Å². The third kappa shape index (κ3) is 2.10. The average Bonchev–Trinajstić information content (AvgIpc) is 3.09. The first-order valence-electron chi connectivity index (χ1n) is 6.13. The fourth-order valence-electron chi connectivity index (χ4n) is 2.09. The van der Waals surface area contributed by atoms with Gasteiger partial charge < -0.3 is 10.6 Å². The van der Waals surface area contributed by atoms with E-state index in [1.54, 1.807) is 6.33 Å². The van der Waals surface area contributed by atoms with Crippen LogP contribution in [0.2, 0.25) is 0 Å². The number of rotatable bonds is 5. The highest BCUT2D eigenvalue weighted by Crippen LogP contribution is 2.33. The van der Waals surface area contributed by atoms with Gasteiger partial charge in [-0.2, -0.15) is 0 Å². The predicted octanol–water partition coefficient (Wildman–Crippen LogP) is 2.00. The molecule has 1 aliphatic carbocycles. The van der Waals surface area contributed by atoms with Crippen LogP contribution in [0.25, 0.3) is 0 Å². The van der Waals surface area contributed by atoms with Crippen LogP contribution in [0.3, 0.4) is 0 Å². The molecule has 4 nitrogen and oxygen atoms in total. The maximum absolute atomic E-state index is 5.91. The van der Waals surface area contributed by atoms with Crippen molar-refractivity contribution in [2.45, 2.75) is 45.6 Å². The molecule has 0 amide bonds. The number of anilines is 2. The molecule has 2 rings (SSSR count). The van der Waals surface area contributed by atoms with Crippen LogP contribution in [-0.4, -0.2) is 22.6 Å². The van der Waals surface area contributed by atoms with Gasteiger partial charge in [0.25, 0.3) is 0 Å². The summed E-state index contributed by atoms with van der Waals surface area (Å²) >= 11 is 0. The molecule has 2 N–H and O–H groups in total. The van der Waals surface area contributed by atoms with E-state index in [0.717, 1.165) is 30.8 Å². The molecule has 16 heavy (non-hydrogen) atoms. The molecule has 0 saturated heterocycles. The fraction of sp³-hybridized carbons (Fsp3) is 0.667. The predicted molar refractivity (Wildman–Crippen MR) is 66.5 cm³/mol. The van der Waals surface area contributed by atoms with Gasteiger partial charge in [0.1, 0.15) is 18.0 Å². The molecule has 88 valence electrons. The summed E-state index contributed by atoms with van der Waals surface area (Å²) < 4.78 is 0. The van der Waals surface area contributed by atoms with Crippen LogP contribution in [0.15, 0.2) is 6.33 Å². The summed E-state index contributed by atoms with van der Waals surface area (Å²) in [5.74, 6) is 1.69. The van der Waals surface area contributed by atoms with Crippen molar-refractivity contribution in [1.82, 2.24) is 9.97 Å². The van der Waals surface area contributed by atoms with E-state index in [1.807, 2.05) is 0 Å². The molecule has 1 fully saturated rings. The topological polar surface area (TPSA) is 55.0 Å². The van der Waals surface area contributed by atoms with Crippen molar-refractivity contribution in [3.05, 3.63) is 11.9 Å². The van der Waals surface area contributed by atoms with E-state index < -0.39 is 0 Å². The normalized spacial score (nSPS) is 15.1. The van der Waals surface area contributed by atoms with Gasteiger partial charge in [-0.15, -0.1) is 0 Å². The first kappa shape index (κ1) is 11.2. The summed E-state index contributed by atoms with van der Waals surface area (Å²) in [6.45, 7) is 5.37. The smallest absolute Gasteiger partial charge is 0.137 e. The maximum atomic E-state index is 5.91. The van der Waals surface area contributed by atoms with Crippen LogP contribution in [0.5, 0.6) is 0 Å². The second kappa shape index (κ2) is 4.68. The molecule has 1 aliphatic rings. The minimum absolute atomic E-state index is 0.634. The Morgan fingerprint density at radius 1 is 1.38 bits per heavy atom. The highest BCUT2D eigenvalue weighted by molar-refractivity contribution is 5.57. The highest BCUT2D eigenvalue weighted by atomic mass is 15.2. The molecule has 0 bridgehead atoms. The third-order valence-electron chi connectivity index (χ3n) is 3.03. The molecule has 1 saturated carbocycles. The Bertz CT molecular complexity index is 360. The summed E-state index contributed by atoms with van der Waals surface area (Å²) in [6, 6.07) is 0.680. The van der Waals surface area contributed by atoms with Gasteiger partial charge in [-0.3, -0.25) is 0 Å². The van der Waals surface area contributed by atoms with Crippen molar-refractivity contribution in [3.8, 4) is 0 Å². The minimum atomic E-state index is 0.634. The SMILES string of the molecule is CCCN(c1ncnc(N)c1CC)C1CC1. The molecule has 0 spiro atoms. The van der Waals surface area contributed by atoms with E-state index in [2.05, 4.69) is 28.7 Å². The minimum Gasteiger partial charge on any atom is -0.383 e. The summed E-state index contributed by atoms with van der Waals surface area (Å²) in [5.41, 5.74) is 7.01. The van der Waals surface area contributed by atoms with E-state index in [9.17, 15) is 0 Å². The van der Waals surface area contributed by atoms with E-state index in [1.165, 1.54) is 12.8 Å². The number of nitrogens with zero attached hydrogens (tertiary/aromatic N) is 3. The molecule has 0 aromatic carbocycles. The second-order valence-corrected chi connectivity index (χ2v) is 4.34. The molecular weight excluding hydrogens is 200 g/mol.